The van der Waals surface area contributed by atoms with E-state index in [1.165, 1.54) is 19.1 Å². The molecule has 7 nitrogen and oxygen atoms in total. The zero-order valence-electron chi connectivity index (χ0n) is 16.3. The molecule has 8 heteroatoms. The number of anilines is 3. The van der Waals surface area contributed by atoms with Gasteiger partial charge in [0.1, 0.15) is 0 Å². The quantitative estimate of drug-likeness (QED) is 0.805. The summed E-state index contributed by atoms with van der Waals surface area (Å²) in [5.41, 5.74) is 3.97. The highest BCUT2D eigenvalue weighted by Crippen LogP contribution is 2.32. The van der Waals surface area contributed by atoms with Crippen LogP contribution in [0.3, 0.4) is 0 Å². The van der Waals surface area contributed by atoms with Crippen LogP contribution in [0.1, 0.15) is 30.5 Å². The Kier molecular flexibility index (Phi) is 5.16. The van der Waals surface area contributed by atoms with E-state index in [1.807, 2.05) is 6.92 Å². The fourth-order valence-corrected chi connectivity index (χ4v) is 4.68. The molecule has 0 bridgehead atoms. The molecule has 3 rings (SSSR count). The Morgan fingerprint density at radius 3 is 2.36 bits per heavy atom. The molecule has 0 saturated carbocycles. The molecule has 0 aliphatic carbocycles. The number of rotatable bonds is 5. The second-order valence-corrected chi connectivity index (χ2v) is 8.56. The third kappa shape index (κ3) is 3.73. The van der Waals surface area contributed by atoms with Crippen LogP contribution in [0.2, 0.25) is 0 Å². The monoisotopic (exact) mass is 401 g/mol. The largest absolute Gasteiger partial charge is 0.326 e. The van der Waals surface area contributed by atoms with Crippen LogP contribution in [-0.2, 0) is 26.0 Å². The van der Waals surface area contributed by atoms with Crippen LogP contribution in [0.4, 0.5) is 17.1 Å². The number of carbonyl (C=O) groups excluding carboxylic acids is 2. The van der Waals surface area contributed by atoms with Gasteiger partial charge < -0.3 is 10.2 Å². The van der Waals surface area contributed by atoms with E-state index in [1.54, 1.807) is 36.9 Å². The van der Waals surface area contributed by atoms with Crippen molar-refractivity contribution in [2.45, 2.75) is 39.0 Å². The molecule has 28 heavy (non-hydrogen) atoms. The minimum atomic E-state index is -3.81. The van der Waals surface area contributed by atoms with Gasteiger partial charge in [-0.1, -0.05) is 0 Å². The molecule has 0 fully saturated rings. The molecule has 2 amide bonds. The number of aryl methyl sites for hydroxylation is 2. The van der Waals surface area contributed by atoms with Crippen molar-refractivity contribution in [2.75, 3.05) is 21.5 Å². The molecule has 0 radical (unpaired) electrons. The minimum absolute atomic E-state index is 0.0114. The average Bonchev–Trinajstić information content (AvgIpc) is 2.91. The molecule has 1 heterocycles. The standard InChI is InChI=1S/C20H23N3O4S/c1-5-23-18-7-6-16(10-15(18)11-19(23)25)22-28(26,27)17-8-12(2)20(13(3)9-17)21-14(4)24/h6-10,22H,5,11H2,1-4H3,(H,21,24). The first kappa shape index (κ1) is 19.9. The van der Waals surface area contributed by atoms with Gasteiger partial charge in [-0.25, -0.2) is 8.42 Å². The first-order valence-corrected chi connectivity index (χ1v) is 10.5. The Balaban J connectivity index is 1.90. The number of likely N-dealkylation sites (N-methyl/N-ethyl adjacent to an activating group) is 1. The zero-order valence-corrected chi connectivity index (χ0v) is 17.1. The lowest BCUT2D eigenvalue weighted by molar-refractivity contribution is -0.117. The van der Waals surface area contributed by atoms with Gasteiger partial charge in [0.15, 0.2) is 0 Å². The van der Waals surface area contributed by atoms with Gasteiger partial charge in [0, 0.05) is 30.5 Å². The Morgan fingerprint density at radius 2 is 1.79 bits per heavy atom. The van der Waals surface area contributed by atoms with Crippen LogP contribution >= 0.6 is 0 Å². The number of nitrogens with one attached hydrogen (secondary N) is 2. The maximum absolute atomic E-state index is 12.8. The molecule has 2 aromatic rings. The van der Waals surface area contributed by atoms with Gasteiger partial charge >= 0.3 is 0 Å². The highest BCUT2D eigenvalue weighted by atomic mass is 32.2. The van der Waals surface area contributed by atoms with Crippen molar-refractivity contribution < 1.29 is 18.0 Å². The van der Waals surface area contributed by atoms with Crippen molar-refractivity contribution in [1.82, 2.24) is 0 Å². The molecule has 1 aliphatic rings. The summed E-state index contributed by atoms with van der Waals surface area (Å²) in [5, 5.41) is 2.72. The second kappa shape index (κ2) is 7.27. The summed E-state index contributed by atoms with van der Waals surface area (Å²) in [4.78, 5) is 25.1. The van der Waals surface area contributed by atoms with Crippen molar-refractivity contribution in [1.29, 1.82) is 0 Å². The number of hydrogen-bond donors (Lipinski definition) is 2. The van der Waals surface area contributed by atoms with E-state index in [2.05, 4.69) is 10.0 Å². The number of amides is 2. The molecule has 0 aromatic heterocycles. The van der Waals surface area contributed by atoms with Gasteiger partial charge in [-0.15, -0.1) is 0 Å². The number of carbonyl (C=O) groups is 2. The highest BCUT2D eigenvalue weighted by Gasteiger charge is 2.26. The molecule has 1 aliphatic heterocycles. The van der Waals surface area contributed by atoms with Gasteiger partial charge in [-0.05, 0) is 67.8 Å². The van der Waals surface area contributed by atoms with Gasteiger partial charge in [-0.2, -0.15) is 0 Å². The van der Waals surface area contributed by atoms with Gasteiger partial charge in [0.05, 0.1) is 11.3 Å². The highest BCUT2D eigenvalue weighted by molar-refractivity contribution is 7.92. The molecule has 2 aromatic carbocycles. The van der Waals surface area contributed by atoms with Crippen molar-refractivity contribution in [3.63, 3.8) is 0 Å². The molecule has 0 unspecified atom stereocenters. The number of hydrogen-bond acceptors (Lipinski definition) is 4. The number of nitrogens with zero attached hydrogens (tertiary/aromatic N) is 1. The van der Waals surface area contributed by atoms with E-state index in [0.717, 1.165) is 11.3 Å². The van der Waals surface area contributed by atoms with Gasteiger partial charge in [0.25, 0.3) is 10.0 Å². The van der Waals surface area contributed by atoms with Crippen molar-refractivity contribution in [3.8, 4) is 0 Å². The van der Waals surface area contributed by atoms with Gasteiger partial charge in [0.2, 0.25) is 11.8 Å². The Labute approximate surface area is 164 Å². The zero-order chi connectivity index (χ0) is 20.6. The molecule has 148 valence electrons. The number of sulfonamides is 1. The summed E-state index contributed by atoms with van der Waals surface area (Å²) in [6, 6.07) is 8.17. The SMILES string of the molecule is CCN1C(=O)Cc2cc(NS(=O)(=O)c3cc(C)c(NC(C)=O)c(C)c3)ccc21. The topological polar surface area (TPSA) is 95.6 Å². The second-order valence-electron chi connectivity index (χ2n) is 6.88. The van der Waals surface area contributed by atoms with Crippen LogP contribution in [0.25, 0.3) is 0 Å². The summed E-state index contributed by atoms with van der Waals surface area (Å²) in [6.07, 6.45) is 0.266. The summed E-state index contributed by atoms with van der Waals surface area (Å²) in [5.74, 6) is -0.203. The minimum Gasteiger partial charge on any atom is -0.326 e. The third-order valence-corrected chi connectivity index (χ3v) is 6.06. The molecule has 0 atom stereocenters. The lowest BCUT2D eigenvalue weighted by Crippen LogP contribution is -2.25. The van der Waals surface area contributed by atoms with E-state index in [0.29, 0.717) is 29.0 Å². The van der Waals surface area contributed by atoms with E-state index in [-0.39, 0.29) is 23.1 Å². The third-order valence-electron chi connectivity index (χ3n) is 4.70. The van der Waals surface area contributed by atoms with E-state index < -0.39 is 10.0 Å². The lowest BCUT2D eigenvalue weighted by atomic mass is 10.1. The summed E-state index contributed by atoms with van der Waals surface area (Å²) in [7, 11) is -3.81. The number of fused-ring (bicyclic) bond motifs is 1. The van der Waals surface area contributed by atoms with Crippen LogP contribution < -0.4 is 14.9 Å². The van der Waals surface area contributed by atoms with E-state index >= 15 is 0 Å². The van der Waals surface area contributed by atoms with Crippen molar-refractivity contribution in [3.05, 3.63) is 47.0 Å². The fourth-order valence-electron chi connectivity index (χ4n) is 3.46. The Morgan fingerprint density at radius 1 is 1.14 bits per heavy atom. The Bertz CT molecular complexity index is 1050. The summed E-state index contributed by atoms with van der Waals surface area (Å²) in [6.45, 7) is 7.38. The predicted molar refractivity (Wildman–Crippen MR) is 109 cm³/mol. The first-order valence-electron chi connectivity index (χ1n) is 8.97. The first-order chi connectivity index (χ1) is 13.1. The predicted octanol–water partition coefficient (Wildman–Crippen LogP) is 2.97. The number of benzene rings is 2. The van der Waals surface area contributed by atoms with Crippen LogP contribution in [-0.4, -0.2) is 26.8 Å². The van der Waals surface area contributed by atoms with Crippen molar-refractivity contribution in [2.24, 2.45) is 0 Å². The molecule has 2 N–H and O–H groups in total. The smallest absolute Gasteiger partial charge is 0.261 e. The Hall–Kier alpha value is -2.87. The van der Waals surface area contributed by atoms with Crippen molar-refractivity contribution >= 4 is 38.9 Å². The van der Waals surface area contributed by atoms with Crippen LogP contribution in [0, 0.1) is 13.8 Å². The summed E-state index contributed by atoms with van der Waals surface area (Å²) < 4.78 is 28.3. The average molecular weight is 401 g/mol. The molecule has 0 saturated heterocycles. The fraction of sp³-hybridized carbons (Fsp3) is 0.300. The van der Waals surface area contributed by atoms with E-state index in [4.69, 9.17) is 0 Å². The molecular formula is C20H23N3O4S. The van der Waals surface area contributed by atoms with Crippen LogP contribution in [0.15, 0.2) is 35.2 Å². The molecular weight excluding hydrogens is 378 g/mol. The normalized spacial score (nSPS) is 13.4. The van der Waals surface area contributed by atoms with E-state index in [9.17, 15) is 18.0 Å². The molecule has 0 spiro atoms. The summed E-state index contributed by atoms with van der Waals surface area (Å²) >= 11 is 0. The maximum atomic E-state index is 12.8. The maximum Gasteiger partial charge on any atom is 0.261 e. The van der Waals surface area contributed by atoms with Gasteiger partial charge in [-0.3, -0.25) is 14.3 Å². The lowest BCUT2D eigenvalue weighted by Gasteiger charge is -2.16. The van der Waals surface area contributed by atoms with Crippen LogP contribution in [0.5, 0.6) is 0 Å².